The molecule has 0 aromatic carbocycles. The number of hydrogen-bond donors (Lipinski definition) is 1. The van der Waals surface area contributed by atoms with Gasteiger partial charge >= 0.3 is 0 Å². The first-order chi connectivity index (χ1) is 9.58. The van der Waals surface area contributed by atoms with Crippen LogP contribution in [-0.4, -0.2) is 57.8 Å². The van der Waals surface area contributed by atoms with E-state index in [0.717, 1.165) is 43.4 Å². The number of rotatable bonds is 10. The van der Waals surface area contributed by atoms with Gasteiger partial charge in [0, 0.05) is 38.7 Å². The van der Waals surface area contributed by atoms with Gasteiger partial charge in [-0.05, 0) is 27.1 Å². The molecular weight excluding hydrogens is 272 g/mol. The third kappa shape index (κ3) is 5.75. The molecule has 0 amide bonds. The zero-order valence-electron chi connectivity index (χ0n) is 13.4. The molecule has 0 saturated carbocycles. The summed E-state index contributed by atoms with van der Waals surface area (Å²) >= 11 is 1.76. The van der Waals surface area contributed by atoms with E-state index in [2.05, 4.69) is 43.2 Å². The molecule has 1 aromatic rings. The second kappa shape index (κ2) is 9.28. The molecule has 116 valence electrons. The van der Waals surface area contributed by atoms with Crippen LogP contribution in [-0.2, 0) is 17.9 Å². The molecule has 0 saturated heterocycles. The zero-order chi connectivity index (χ0) is 15.0. The molecule has 0 radical (unpaired) electrons. The third-order valence-electron chi connectivity index (χ3n) is 2.97. The predicted octanol–water partition coefficient (Wildman–Crippen LogP) is 1.79. The van der Waals surface area contributed by atoms with Crippen LogP contribution in [0.4, 0.5) is 5.13 Å². The Morgan fingerprint density at radius 1 is 1.25 bits per heavy atom. The fourth-order valence-electron chi connectivity index (χ4n) is 1.74. The van der Waals surface area contributed by atoms with E-state index in [4.69, 9.17) is 9.72 Å². The van der Waals surface area contributed by atoms with Gasteiger partial charge in [0.2, 0.25) is 0 Å². The van der Waals surface area contributed by atoms with Gasteiger partial charge in [0.25, 0.3) is 0 Å². The van der Waals surface area contributed by atoms with Crippen molar-refractivity contribution in [2.24, 2.45) is 0 Å². The van der Waals surface area contributed by atoms with Gasteiger partial charge < -0.3 is 19.9 Å². The van der Waals surface area contributed by atoms with E-state index in [0.29, 0.717) is 6.61 Å². The summed E-state index contributed by atoms with van der Waals surface area (Å²) in [7, 11) is 8.00. The lowest BCUT2D eigenvalue weighted by molar-refractivity contribution is 0.181. The Balaban J connectivity index is 2.68. The summed E-state index contributed by atoms with van der Waals surface area (Å²) in [6.45, 7) is 6.69. The second-order valence-corrected chi connectivity index (χ2v) is 6.26. The summed E-state index contributed by atoms with van der Waals surface area (Å²) < 4.78 is 5.26. The SMILES string of the molecule is CCCNCc1sc(N(C)CCN(C)C)nc1COC. The fourth-order valence-corrected chi connectivity index (χ4v) is 2.76. The molecule has 1 aromatic heterocycles. The minimum absolute atomic E-state index is 0.584. The summed E-state index contributed by atoms with van der Waals surface area (Å²) in [5, 5.41) is 4.52. The quantitative estimate of drug-likeness (QED) is 0.667. The van der Waals surface area contributed by atoms with Crippen molar-refractivity contribution >= 4 is 16.5 Å². The fraction of sp³-hybridized carbons (Fsp3) is 0.786. The number of nitrogens with one attached hydrogen (secondary N) is 1. The number of anilines is 1. The van der Waals surface area contributed by atoms with Crippen molar-refractivity contribution in [3.63, 3.8) is 0 Å². The average molecular weight is 300 g/mol. The largest absolute Gasteiger partial charge is 0.378 e. The van der Waals surface area contributed by atoms with Gasteiger partial charge in [-0.25, -0.2) is 4.98 Å². The minimum atomic E-state index is 0.584. The van der Waals surface area contributed by atoms with E-state index in [1.165, 1.54) is 4.88 Å². The standard InChI is InChI=1S/C14H28N4OS/c1-6-7-15-10-13-12(11-19-5)16-14(20-13)18(4)9-8-17(2)3/h15H,6-11H2,1-5H3. The Morgan fingerprint density at radius 3 is 2.60 bits per heavy atom. The van der Waals surface area contributed by atoms with Crippen LogP contribution in [0.3, 0.4) is 0 Å². The first-order valence-electron chi connectivity index (χ1n) is 7.12. The molecule has 0 fully saturated rings. The maximum Gasteiger partial charge on any atom is 0.185 e. The number of methoxy groups -OCH3 is 1. The van der Waals surface area contributed by atoms with Crippen molar-refractivity contribution in [3.05, 3.63) is 10.6 Å². The van der Waals surface area contributed by atoms with Gasteiger partial charge in [0.05, 0.1) is 12.3 Å². The van der Waals surface area contributed by atoms with E-state index in [-0.39, 0.29) is 0 Å². The second-order valence-electron chi connectivity index (χ2n) is 5.20. The predicted molar refractivity (Wildman–Crippen MR) is 86.6 cm³/mol. The van der Waals surface area contributed by atoms with Crippen molar-refractivity contribution in [3.8, 4) is 0 Å². The molecule has 0 aliphatic carbocycles. The first kappa shape index (κ1) is 17.4. The molecule has 20 heavy (non-hydrogen) atoms. The molecule has 1 N–H and O–H groups in total. The summed E-state index contributed by atoms with van der Waals surface area (Å²) in [6.07, 6.45) is 1.15. The number of aromatic nitrogens is 1. The lowest BCUT2D eigenvalue weighted by Gasteiger charge is -2.18. The van der Waals surface area contributed by atoms with Gasteiger partial charge in [-0.3, -0.25) is 0 Å². The Bertz CT molecular complexity index is 381. The highest BCUT2D eigenvalue weighted by Crippen LogP contribution is 2.26. The third-order valence-corrected chi connectivity index (χ3v) is 4.18. The smallest absolute Gasteiger partial charge is 0.185 e. The van der Waals surface area contributed by atoms with Crippen LogP contribution < -0.4 is 10.2 Å². The molecule has 1 heterocycles. The Kier molecular flexibility index (Phi) is 8.06. The van der Waals surface area contributed by atoms with E-state index in [9.17, 15) is 0 Å². The van der Waals surface area contributed by atoms with E-state index in [1.807, 2.05) is 0 Å². The van der Waals surface area contributed by atoms with Crippen molar-refractivity contribution in [2.45, 2.75) is 26.5 Å². The number of thiazole rings is 1. The molecule has 6 heteroatoms. The highest BCUT2D eigenvalue weighted by Gasteiger charge is 2.13. The lowest BCUT2D eigenvalue weighted by atomic mass is 10.3. The maximum absolute atomic E-state index is 5.26. The van der Waals surface area contributed by atoms with Crippen molar-refractivity contribution in [2.75, 3.05) is 52.8 Å². The number of nitrogens with zero attached hydrogens (tertiary/aromatic N) is 3. The topological polar surface area (TPSA) is 40.6 Å². The van der Waals surface area contributed by atoms with E-state index < -0.39 is 0 Å². The molecule has 0 atom stereocenters. The van der Waals surface area contributed by atoms with Crippen LogP contribution in [0.25, 0.3) is 0 Å². The number of ether oxygens (including phenoxy) is 1. The van der Waals surface area contributed by atoms with E-state index >= 15 is 0 Å². The van der Waals surface area contributed by atoms with Crippen molar-refractivity contribution in [1.29, 1.82) is 0 Å². The van der Waals surface area contributed by atoms with Gasteiger partial charge in [0.15, 0.2) is 5.13 Å². The zero-order valence-corrected chi connectivity index (χ0v) is 14.2. The highest BCUT2D eigenvalue weighted by atomic mass is 32.1. The maximum atomic E-state index is 5.26. The monoisotopic (exact) mass is 300 g/mol. The summed E-state index contributed by atoms with van der Waals surface area (Å²) in [4.78, 5) is 10.4. The molecule has 0 aliphatic heterocycles. The van der Waals surface area contributed by atoms with Gasteiger partial charge in [-0.2, -0.15) is 0 Å². The summed E-state index contributed by atoms with van der Waals surface area (Å²) in [5.41, 5.74) is 1.06. The van der Waals surface area contributed by atoms with Gasteiger partial charge in [-0.15, -0.1) is 11.3 Å². The normalized spacial score (nSPS) is 11.3. The molecule has 1 rings (SSSR count). The first-order valence-corrected chi connectivity index (χ1v) is 7.94. The van der Waals surface area contributed by atoms with Crippen LogP contribution >= 0.6 is 11.3 Å². The molecule has 0 aliphatic rings. The molecular formula is C14H28N4OS. The minimum Gasteiger partial charge on any atom is -0.378 e. The van der Waals surface area contributed by atoms with E-state index in [1.54, 1.807) is 18.4 Å². The number of hydrogen-bond acceptors (Lipinski definition) is 6. The Labute approximate surface area is 126 Å². The van der Waals surface area contributed by atoms with Crippen LogP contribution in [0.2, 0.25) is 0 Å². The van der Waals surface area contributed by atoms with Crippen LogP contribution in [0, 0.1) is 0 Å². The van der Waals surface area contributed by atoms with Crippen LogP contribution in [0.5, 0.6) is 0 Å². The summed E-state index contributed by atoms with van der Waals surface area (Å²) in [6, 6.07) is 0. The molecule has 5 nitrogen and oxygen atoms in total. The average Bonchev–Trinajstić information content (AvgIpc) is 2.80. The highest BCUT2D eigenvalue weighted by molar-refractivity contribution is 7.15. The molecule has 0 unspecified atom stereocenters. The van der Waals surface area contributed by atoms with Crippen LogP contribution in [0.1, 0.15) is 23.9 Å². The Hall–Kier alpha value is -0.690. The molecule has 0 bridgehead atoms. The lowest BCUT2D eigenvalue weighted by Crippen LogP contribution is -2.28. The van der Waals surface area contributed by atoms with Crippen molar-refractivity contribution < 1.29 is 4.74 Å². The molecule has 0 spiro atoms. The van der Waals surface area contributed by atoms with Gasteiger partial charge in [-0.1, -0.05) is 6.92 Å². The Morgan fingerprint density at radius 2 is 2.00 bits per heavy atom. The number of likely N-dealkylation sites (N-methyl/N-ethyl adjacent to an activating group) is 2. The summed E-state index contributed by atoms with van der Waals surface area (Å²) in [5.74, 6) is 0. The van der Waals surface area contributed by atoms with Gasteiger partial charge in [0.1, 0.15) is 0 Å². The van der Waals surface area contributed by atoms with Crippen LogP contribution in [0.15, 0.2) is 0 Å². The van der Waals surface area contributed by atoms with Crippen molar-refractivity contribution in [1.82, 2.24) is 15.2 Å².